The van der Waals surface area contributed by atoms with Crippen molar-refractivity contribution in [2.24, 2.45) is 0 Å². The molecule has 106 valence electrons. The number of pyridine rings is 2. The van der Waals surface area contributed by atoms with Gasteiger partial charge in [-0.15, -0.1) is 0 Å². The largest absolute Gasteiger partial charge is 0.314 e. The predicted octanol–water partition coefficient (Wildman–Crippen LogP) is 1.72. The van der Waals surface area contributed by atoms with Crippen molar-refractivity contribution in [2.45, 2.75) is 18.4 Å². The van der Waals surface area contributed by atoms with Gasteiger partial charge in [0, 0.05) is 31.2 Å². The second kappa shape index (κ2) is 5.64. The summed E-state index contributed by atoms with van der Waals surface area (Å²) in [5, 5.41) is 0.0799. The standard InChI is InChI=1S/C12H12ClN3O3S/c1-2-16-8-9(3-4-12(16)17)15-20(18,19)11-7-14-6-5-10(11)13/h3-8,15H,2H2,1H3. The molecule has 0 aliphatic rings. The maximum absolute atomic E-state index is 12.2. The number of rotatable bonds is 4. The molecule has 8 heteroatoms. The van der Waals surface area contributed by atoms with Crippen molar-refractivity contribution in [2.75, 3.05) is 4.72 Å². The van der Waals surface area contributed by atoms with E-state index in [1.165, 1.54) is 41.4 Å². The summed E-state index contributed by atoms with van der Waals surface area (Å²) in [6, 6.07) is 4.09. The average molecular weight is 314 g/mol. The van der Waals surface area contributed by atoms with Crippen LogP contribution in [0.4, 0.5) is 5.69 Å². The number of aromatic nitrogens is 2. The molecule has 0 saturated carbocycles. The van der Waals surface area contributed by atoms with Crippen LogP contribution in [-0.4, -0.2) is 18.0 Å². The Morgan fingerprint density at radius 1 is 1.35 bits per heavy atom. The molecule has 0 radical (unpaired) electrons. The summed E-state index contributed by atoms with van der Waals surface area (Å²) in [5.41, 5.74) is 0.0845. The molecule has 0 saturated heterocycles. The lowest BCUT2D eigenvalue weighted by Gasteiger charge is -2.10. The number of hydrogen-bond donors (Lipinski definition) is 1. The molecule has 6 nitrogen and oxygen atoms in total. The SMILES string of the molecule is CCn1cc(NS(=O)(=O)c2cnccc2Cl)ccc1=O. The normalized spacial score (nSPS) is 11.3. The smallest absolute Gasteiger partial charge is 0.264 e. The number of sulfonamides is 1. The summed E-state index contributed by atoms with van der Waals surface area (Å²) in [6.07, 6.45) is 4.00. The molecular formula is C12H12ClN3O3S. The first-order chi connectivity index (χ1) is 9.44. The number of halogens is 1. The molecule has 0 atom stereocenters. The van der Waals surface area contributed by atoms with E-state index in [-0.39, 0.29) is 21.2 Å². The van der Waals surface area contributed by atoms with Crippen LogP contribution in [0, 0.1) is 0 Å². The first-order valence-corrected chi connectivity index (χ1v) is 7.63. The van der Waals surface area contributed by atoms with Gasteiger partial charge in [-0.1, -0.05) is 11.6 Å². The van der Waals surface area contributed by atoms with Crippen LogP contribution in [0.15, 0.2) is 46.5 Å². The highest BCUT2D eigenvalue weighted by molar-refractivity contribution is 7.92. The van der Waals surface area contributed by atoms with Gasteiger partial charge in [-0.3, -0.25) is 14.5 Å². The van der Waals surface area contributed by atoms with Crippen LogP contribution >= 0.6 is 11.6 Å². The number of nitrogens with zero attached hydrogens (tertiary/aromatic N) is 2. The van der Waals surface area contributed by atoms with Crippen molar-refractivity contribution in [3.05, 3.63) is 52.2 Å². The summed E-state index contributed by atoms with van der Waals surface area (Å²) < 4.78 is 28.1. The number of nitrogens with one attached hydrogen (secondary N) is 1. The van der Waals surface area contributed by atoms with Crippen LogP contribution in [0.25, 0.3) is 0 Å². The van der Waals surface area contributed by atoms with Crippen LogP contribution in [0.1, 0.15) is 6.92 Å². The number of hydrogen-bond acceptors (Lipinski definition) is 4. The molecule has 2 rings (SSSR count). The molecule has 1 N–H and O–H groups in total. The summed E-state index contributed by atoms with van der Waals surface area (Å²) in [6.45, 7) is 2.24. The Balaban J connectivity index is 2.39. The van der Waals surface area contributed by atoms with Gasteiger partial charge in [-0.05, 0) is 19.1 Å². The maximum Gasteiger partial charge on any atom is 0.264 e. The molecule has 0 amide bonds. The Hall–Kier alpha value is -1.86. The zero-order valence-electron chi connectivity index (χ0n) is 10.6. The third-order valence-corrected chi connectivity index (χ3v) is 4.45. The average Bonchev–Trinajstić information content (AvgIpc) is 2.41. The number of anilines is 1. The highest BCUT2D eigenvalue weighted by Crippen LogP contribution is 2.21. The van der Waals surface area contributed by atoms with Crippen molar-refractivity contribution >= 4 is 27.3 Å². The Labute approximate surface area is 121 Å². The lowest BCUT2D eigenvalue weighted by atomic mass is 10.4. The fourth-order valence-electron chi connectivity index (χ4n) is 1.61. The third kappa shape index (κ3) is 3.00. The van der Waals surface area contributed by atoms with Gasteiger partial charge in [-0.2, -0.15) is 0 Å². The van der Waals surface area contributed by atoms with Gasteiger partial charge in [0.2, 0.25) is 0 Å². The highest BCUT2D eigenvalue weighted by Gasteiger charge is 2.18. The fourth-order valence-corrected chi connectivity index (χ4v) is 3.08. The van der Waals surface area contributed by atoms with E-state index >= 15 is 0 Å². The van der Waals surface area contributed by atoms with Gasteiger partial charge < -0.3 is 4.57 Å². The fraction of sp³-hybridized carbons (Fsp3) is 0.167. The van der Waals surface area contributed by atoms with Gasteiger partial charge in [0.05, 0.1) is 10.7 Å². The summed E-state index contributed by atoms with van der Waals surface area (Å²) in [7, 11) is -3.84. The first kappa shape index (κ1) is 14.5. The third-order valence-electron chi connectivity index (χ3n) is 2.60. The molecule has 0 bridgehead atoms. The Bertz CT molecular complexity index is 787. The monoisotopic (exact) mass is 313 g/mol. The molecule has 0 aliphatic heterocycles. The quantitative estimate of drug-likeness (QED) is 0.932. The Morgan fingerprint density at radius 3 is 2.75 bits per heavy atom. The molecule has 0 fully saturated rings. The molecule has 2 aromatic rings. The van der Waals surface area contributed by atoms with Gasteiger partial charge in [0.25, 0.3) is 15.6 Å². The van der Waals surface area contributed by atoms with E-state index in [4.69, 9.17) is 11.6 Å². The maximum atomic E-state index is 12.2. The summed E-state index contributed by atoms with van der Waals surface area (Å²) in [4.78, 5) is 15.1. The molecule has 2 aromatic heterocycles. The topological polar surface area (TPSA) is 81.1 Å². The molecule has 0 spiro atoms. The van der Waals surface area contributed by atoms with E-state index in [0.717, 1.165) is 0 Å². The van der Waals surface area contributed by atoms with Crippen LogP contribution in [0.2, 0.25) is 5.02 Å². The van der Waals surface area contributed by atoms with Crippen LogP contribution in [0.5, 0.6) is 0 Å². The second-order valence-electron chi connectivity index (χ2n) is 3.95. The second-order valence-corrected chi connectivity index (χ2v) is 6.01. The molecule has 0 unspecified atom stereocenters. The van der Waals surface area contributed by atoms with E-state index in [2.05, 4.69) is 9.71 Å². The van der Waals surface area contributed by atoms with E-state index in [1.807, 2.05) is 0 Å². The predicted molar refractivity (Wildman–Crippen MR) is 76.4 cm³/mol. The minimum Gasteiger partial charge on any atom is -0.314 e. The molecule has 0 aromatic carbocycles. The zero-order valence-corrected chi connectivity index (χ0v) is 12.1. The van der Waals surface area contributed by atoms with Gasteiger partial charge in [0.15, 0.2) is 0 Å². The highest BCUT2D eigenvalue weighted by atomic mass is 35.5. The van der Waals surface area contributed by atoms with Crippen molar-refractivity contribution in [1.82, 2.24) is 9.55 Å². The lowest BCUT2D eigenvalue weighted by Crippen LogP contribution is -2.20. The molecule has 20 heavy (non-hydrogen) atoms. The molecule has 0 aliphatic carbocycles. The van der Waals surface area contributed by atoms with E-state index in [0.29, 0.717) is 6.54 Å². The lowest BCUT2D eigenvalue weighted by molar-refractivity contribution is 0.600. The molecular weight excluding hydrogens is 302 g/mol. The minimum atomic E-state index is -3.84. The van der Waals surface area contributed by atoms with Gasteiger partial charge in [-0.25, -0.2) is 8.42 Å². The summed E-state index contributed by atoms with van der Waals surface area (Å²) >= 11 is 5.84. The van der Waals surface area contributed by atoms with Gasteiger partial charge >= 0.3 is 0 Å². The van der Waals surface area contributed by atoms with Crippen molar-refractivity contribution in [1.29, 1.82) is 0 Å². The minimum absolute atomic E-state index is 0.0799. The Morgan fingerprint density at radius 2 is 2.10 bits per heavy atom. The summed E-state index contributed by atoms with van der Waals surface area (Å²) in [5.74, 6) is 0. The van der Waals surface area contributed by atoms with Crippen LogP contribution in [0.3, 0.4) is 0 Å². The van der Waals surface area contributed by atoms with Crippen molar-refractivity contribution in [3.63, 3.8) is 0 Å². The van der Waals surface area contributed by atoms with E-state index < -0.39 is 10.0 Å². The van der Waals surface area contributed by atoms with Gasteiger partial charge in [0.1, 0.15) is 4.90 Å². The van der Waals surface area contributed by atoms with Crippen molar-refractivity contribution < 1.29 is 8.42 Å². The molecule has 2 heterocycles. The first-order valence-electron chi connectivity index (χ1n) is 5.77. The Kier molecular flexibility index (Phi) is 4.10. The zero-order chi connectivity index (χ0) is 14.8. The van der Waals surface area contributed by atoms with Crippen LogP contribution < -0.4 is 10.3 Å². The van der Waals surface area contributed by atoms with Crippen LogP contribution in [-0.2, 0) is 16.6 Å². The number of aryl methyl sites for hydroxylation is 1. The van der Waals surface area contributed by atoms with Crippen molar-refractivity contribution in [3.8, 4) is 0 Å². The van der Waals surface area contributed by atoms with E-state index in [9.17, 15) is 13.2 Å². The van der Waals surface area contributed by atoms with E-state index in [1.54, 1.807) is 6.92 Å².